The van der Waals surface area contributed by atoms with Crippen molar-refractivity contribution in [3.05, 3.63) is 95.1 Å². The Bertz CT molecular complexity index is 1170. The predicted molar refractivity (Wildman–Crippen MR) is 133 cm³/mol. The van der Waals surface area contributed by atoms with E-state index in [1.54, 1.807) is 60.7 Å². The lowest BCUT2D eigenvalue weighted by Gasteiger charge is -2.07. The Kier molecular flexibility index (Phi) is 9.13. The second kappa shape index (κ2) is 12.7. The van der Waals surface area contributed by atoms with E-state index in [9.17, 15) is 14.4 Å². The minimum absolute atomic E-state index is 0.204. The van der Waals surface area contributed by atoms with E-state index >= 15 is 0 Å². The number of benzene rings is 3. The fraction of sp³-hybridized carbons (Fsp3) is 0.185. The van der Waals surface area contributed by atoms with E-state index < -0.39 is 11.9 Å². The predicted octanol–water partition coefficient (Wildman–Crippen LogP) is 3.88. The summed E-state index contributed by atoms with van der Waals surface area (Å²) in [5.74, 6) is -0.198. The van der Waals surface area contributed by atoms with Gasteiger partial charge in [0.05, 0.1) is 24.9 Å². The molecule has 180 valence electrons. The molecule has 0 heterocycles. The summed E-state index contributed by atoms with van der Waals surface area (Å²) >= 11 is 0. The highest BCUT2D eigenvalue weighted by Gasteiger charge is 2.09. The Balaban J connectivity index is 1.43. The van der Waals surface area contributed by atoms with Crippen molar-refractivity contribution in [2.45, 2.75) is 20.3 Å². The molecule has 3 rings (SSSR count). The van der Waals surface area contributed by atoms with Crippen LogP contribution in [0.1, 0.15) is 45.2 Å². The average Bonchev–Trinajstić information content (AvgIpc) is 2.87. The third-order valence-corrected chi connectivity index (χ3v) is 4.78. The van der Waals surface area contributed by atoms with E-state index in [1.165, 1.54) is 6.21 Å². The lowest BCUT2D eigenvalue weighted by Crippen LogP contribution is -2.34. The van der Waals surface area contributed by atoms with Crippen LogP contribution in [0, 0.1) is 6.92 Å². The van der Waals surface area contributed by atoms with Crippen molar-refractivity contribution in [3.8, 4) is 11.5 Å². The standard InChI is InChI=1S/C27H27N3O5/c1-3-16-34-23-14-10-22(11-15-23)27(33)35-24-12-6-20(7-13-24)17-29-30-25(31)18-28-26(32)21-8-4-19(2)5-9-21/h4-15,17H,3,16,18H2,1-2H3,(H,28,32)(H,30,31)/b29-17+. The summed E-state index contributed by atoms with van der Waals surface area (Å²) < 4.78 is 10.9. The van der Waals surface area contributed by atoms with Gasteiger partial charge in [0.25, 0.3) is 11.8 Å². The third-order valence-electron chi connectivity index (χ3n) is 4.78. The molecule has 0 aliphatic rings. The first-order valence-electron chi connectivity index (χ1n) is 11.2. The molecule has 0 radical (unpaired) electrons. The highest BCUT2D eigenvalue weighted by Crippen LogP contribution is 2.16. The largest absolute Gasteiger partial charge is 0.494 e. The van der Waals surface area contributed by atoms with Crippen molar-refractivity contribution in [2.24, 2.45) is 5.10 Å². The smallest absolute Gasteiger partial charge is 0.343 e. The average molecular weight is 474 g/mol. The van der Waals surface area contributed by atoms with Crippen LogP contribution in [0.15, 0.2) is 77.9 Å². The topological polar surface area (TPSA) is 106 Å². The molecule has 8 heteroatoms. The van der Waals surface area contributed by atoms with Crippen LogP contribution in [0.5, 0.6) is 11.5 Å². The number of aryl methyl sites for hydroxylation is 1. The van der Waals surface area contributed by atoms with Crippen LogP contribution >= 0.6 is 0 Å². The third kappa shape index (κ3) is 8.12. The first-order chi connectivity index (χ1) is 16.9. The molecule has 0 fully saturated rings. The molecule has 2 amide bonds. The molecule has 0 saturated carbocycles. The molecule has 3 aromatic rings. The molecule has 8 nitrogen and oxygen atoms in total. The van der Waals surface area contributed by atoms with Crippen LogP contribution in [-0.4, -0.2) is 37.1 Å². The van der Waals surface area contributed by atoms with Gasteiger partial charge in [-0.25, -0.2) is 10.2 Å². The highest BCUT2D eigenvalue weighted by molar-refractivity contribution is 5.96. The highest BCUT2D eigenvalue weighted by atomic mass is 16.5. The molecule has 0 unspecified atom stereocenters. The summed E-state index contributed by atoms with van der Waals surface area (Å²) in [6.45, 7) is 4.37. The molecular weight excluding hydrogens is 446 g/mol. The molecule has 2 N–H and O–H groups in total. The fourth-order valence-electron chi connectivity index (χ4n) is 2.88. The van der Waals surface area contributed by atoms with Gasteiger partial charge in [0.2, 0.25) is 0 Å². The van der Waals surface area contributed by atoms with Crippen LogP contribution in [0.25, 0.3) is 0 Å². The Morgan fingerprint density at radius 1 is 0.857 bits per heavy atom. The van der Waals surface area contributed by atoms with Gasteiger partial charge < -0.3 is 14.8 Å². The number of hydrazone groups is 1. The molecule has 0 aromatic heterocycles. The quantitative estimate of drug-likeness (QED) is 0.201. The minimum atomic E-state index is -0.478. The van der Waals surface area contributed by atoms with E-state index in [4.69, 9.17) is 9.47 Å². The van der Waals surface area contributed by atoms with Crippen LogP contribution in [0.4, 0.5) is 0 Å². The summed E-state index contributed by atoms with van der Waals surface area (Å²) in [4.78, 5) is 36.3. The van der Waals surface area contributed by atoms with E-state index in [-0.39, 0.29) is 12.5 Å². The van der Waals surface area contributed by atoms with Gasteiger partial charge in [0, 0.05) is 5.56 Å². The molecule has 0 aliphatic heterocycles. The lowest BCUT2D eigenvalue weighted by atomic mass is 10.1. The molecule has 0 aliphatic carbocycles. The van der Waals surface area contributed by atoms with Crippen molar-refractivity contribution >= 4 is 24.0 Å². The molecular formula is C27H27N3O5. The van der Waals surface area contributed by atoms with Gasteiger partial charge in [0.1, 0.15) is 11.5 Å². The number of carbonyl (C=O) groups is 3. The molecule has 0 spiro atoms. The van der Waals surface area contributed by atoms with Gasteiger partial charge in [-0.1, -0.05) is 24.6 Å². The summed E-state index contributed by atoms with van der Waals surface area (Å²) in [6.07, 6.45) is 2.35. The van der Waals surface area contributed by atoms with Gasteiger partial charge >= 0.3 is 5.97 Å². The number of hydrogen-bond donors (Lipinski definition) is 2. The Morgan fingerprint density at radius 2 is 1.49 bits per heavy atom. The fourth-order valence-corrected chi connectivity index (χ4v) is 2.88. The van der Waals surface area contributed by atoms with Gasteiger partial charge in [-0.15, -0.1) is 0 Å². The van der Waals surface area contributed by atoms with E-state index in [0.717, 1.165) is 12.0 Å². The number of carbonyl (C=O) groups excluding carboxylic acids is 3. The minimum Gasteiger partial charge on any atom is -0.494 e. The van der Waals surface area contributed by atoms with Crippen LogP contribution in [0.3, 0.4) is 0 Å². The Hall–Kier alpha value is -4.46. The van der Waals surface area contributed by atoms with Crippen LogP contribution < -0.4 is 20.2 Å². The number of hydrogen-bond acceptors (Lipinski definition) is 6. The zero-order valence-corrected chi connectivity index (χ0v) is 19.6. The maximum atomic E-state index is 12.3. The van der Waals surface area contributed by atoms with Gasteiger partial charge in [-0.3, -0.25) is 9.59 Å². The van der Waals surface area contributed by atoms with Crippen LogP contribution in [0.2, 0.25) is 0 Å². The normalized spacial score (nSPS) is 10.6. The van der Waals surface area contributed by atoms with Crippen molar-refractivity contribution < 1.29 is 23.9 Å². The number of esters is 1. The van der Waals surface area contributed by atoms with Crippen molar-refractivity contribution in [3.63, 3.8) is 0 Å². The number of ether oxygens (including phenoxy) is 2. The number of amides is 2. The van der Waals surface area contributed by atoms with Crippen molar-refractivity contribution in [1.29, 1.82) is 0 Å². The SMILES string of the molecule is CCCOc1ccc(C(=O)Oc2ccc(/C=N/NC(=O)CNC(=O)c3ccc(C)cc3)cc2)cc1. The van der Waals surface area contributed by atoms with Crippen molar-refractivity contribution in [2.75, 3.05) is 13.2 Å². The first-order valence-corrected chi connectivity index (χ1v) is 11.2. The van der Waals surface area contributed by atoms with E-state index in [1.807, 2.05) is 26.0 Å². The Labute approximate surface area is 204 Å². The number of rotatable bonds is 10. The Morgan fingerprint density at radius 3 is 2.14 bits per heavy atom. The summed E-state index contributed by atoms with van der Waals surface area (Å²) in [5, 5.41) is 6.41. The zero-order chi connectivity index (χ0) is 25.0. The monoisotopic (exact) mass is 473 g/mol. The van der Waals surface area contributed by atoms with Gasteiger partial charge in [0.15, 0.2) is 0 Å². The molecule has 0 atom stereocenters. The summed E-state index contributed by atoms with van der Waals surface area (Å²) in [5.41, 5.74) is 4.97. The maximum absolute atomic E-state index is 12.3. The van der Waals surface area contributed by atoms with Crippen molar-refractivity contribution in [1.82, 2.24) is 10.7 Å². The molecule has 0 bridgehead atoms. The molecule has 35 heavy (non-hydrogen) atoms. The van der Waals surface area contributed by atoms with Crippen LogP contribution in [-0.2, 0) is 4.79 Å². The zero-order valence-electron chi connectivity index (χ0n) is 19.6. The lowest BCUT2D eigenvalue weighted by molar-refractivity contribution is -0.120. The number of nitrogens with zero attached hydrogens (tertiary/aromatic N) is 1. The summed E-state index contributed by atoms with van der Waals surface area (Å²) in [6, 6.07) is 20.4. The number of nitrogens with one attached hydrogen (secondary N) is 2. The van der Waals surface area contributed by atoms with E-state index in [2.05, 4.69) is 15.8 Å². The first kappa shape index (κ1) is 25.2. The second-order valence-electron chi connectivity index (χ2n) is 7.67. The summed E-state index contributed by atoms with van der Waals surface area (Å²) in [7, 11) is 0. The second-order valence-corrected chi connectivity index (χ2v) is 7.67. The molecule has 3 aromatic carbocycles. The molecule has 0 saturated heterocycles. The maximum Gasteiger partial charge on any atom is 0.343 e. The van der Waals surface area contributed by atoms with Gasteiger partial charge in [-0.2, -0.15) is 5.10 Å². The van der Waals surface area contributed by atoms with Gasteiger partial charge in [-0.05, 0) is 79.6 Å². The van der Waals surface area contributed by atoms with E-state index in [0.29, 0.717) is 34.8 Å².